The summed E-state index contributed by atoms with van der Waals surface area (Å²) in [6.07, 6.45) is 2.29. The average Bonchev–Trinajstić information content (AvgIpc) is 1.97. The Bertz CT molecular complexity index is 137. The number of nitrogens with one attached hydrogen (secondary N) is 1. The van der Waals surface area contributed by atoms with Gasteiger partial charge in [0.25, 0.3) is 0 Å². The Morgan fingerprint density at radius 1 is 1.42 bits per heavy atom. The van der Waals surface area contributed by atoms with Crippen molar-refractivity contribution in [1.82, 2.24) is 5.32 Å². The molecule has 0 saturated heterocycles. The third-order valence-electron chi connectivity index (χ3n) is 1.51. The zero-order valence-corrected chi connectivity index (χ0v) is 9.66. The van der Waals surface area contributed by atoms with Crippen molar-refractivity contribution in [2.75, 3.05) is 12.8 Å². The molecule has 0 aliphatic carbocycles. The minimum Gasteiger partial charge on any atom is -0.313 e. The molecule has 0 aromatic rings. The molecule has 0 radical (unpaired) electrons. The number of thioether (sulfide) groups is 1. The minimum atomic E-state index is 0.530. The minimum absolute atomic E-state index is 0.530. The lowest BCUT2D eigenvalue weighted by atomic mass is 10.2. The van der Waals surface area contributed by atoms with Gasteiger partial charge in [-0.25, -0.2) is 0 Å². The SMILES string of the molecule is CNC(C=C(C)C)CSC(C)C. The second kappa shape index (κ2) is 6.55. The van der Waals surface area contributed by atoms with Gasteiger partial charge >= 0.3 is 0 Å². The van der Waals surface area contributed by atoms with Gasteiger partial charge in [-0.1, -0.05) is 25.5 Å². The summed E-state index contributed by atoms with van der Waals surface area (Å²) < 4.78 is 0. The van der Waals surface area contributed by atoms with E-state index in [-0.39, 0.29) is 0 Å². The lowest BCUT2D eigenvalue weighted by Crippen LogP contribution is -2.26. The molecule has 1 nitrogen and oxygen atoms in total. The maximum atomic E-state index is 3.29. The highest BCUT2D eigenvalue weighted by Crippen LogP contribution is 2.11. The second-order valence-corrected chi connectivity index (χ2v) is 5.13. The van der Waals surface area contributed by atoms with Crippen LogP contribution in [0.3, 0.4) is 0 Å². The van der Waals surface area contributed by atoms with Crippen LogP contribution in [-0.4, -0.2) is 24.1 Å². The van der Waals surface area contributed by atoms with E-state index in [2.05, 4.69) is 39.1 Å². The molecule has 0 rings (SSSR count). The third kappa shape index (κ3) is 6.74. The topological polar surface area (TPSA) is 12.0 Å². The maximum absolute atomic E-state index is 3.29. The molecule has 0 aliphatic rings. The monoisotopic (exact) mass is 187 g/mol. The van der Waals surface area contributed by atoms with E-state index in [0.29, 0.717) is 6.04 Å². The summed E-state index contributed by atoms with van der Waals surface area (Å²) in [4.78, 5) is 0. The van der Waals surface area contributed by atoms with Crippen LogP contribution in [0.1, 0.15) is 27.7 Å². The van der Waals surface area contributed by atoms with Crippen molar-refractivity contribution in [2.24, 2.45) is 0 Å². The van der Waals surface area contributed by atoms with Crippen LogP contribution < -0.4 is 5.32 Å². The maximum Gasteiger partial charge on any atom is 0.0341 e. The van der Waals surface area contributed by atoms with Crippen LogP contribution >= 0.6 is 11.8 Å². The van der Waals surface area contributed by atoms with Crippen LogP contribution in [0.4, 0.5) is 0 Å². The van der Waals surface area contributed by atoms with Gasteiger partial charge in [0.2, 0.25) is 0 Å². The largest absolute Gasteiger partial charge is 0.313 e. The molecule has 0 bridgehead atoms. The van der Waals surface area contributed by atoms with Crippen LogP contribution in [-0.2, 0) is 0 Å². The fourth-order valence-corrected chi connectivity index (χ4v) is 1.77. The van der Waals surface area contributed by atoms with Gasteiger partial charge in [-0.15, -0.1) is 0 Å². The van der Waals surface area contributed by atoms with E-state index in [1.165, 1.54) is 11.3 Å². The first-order chi connectivity index (χ1) is 5.56. The van der Waals surface area contributed by atoms with Crippen molar-refractivity contribution in [3.8, 4) is 0 Å². The summed E-state index contributed by atoms with van der Waals surface area (Å²) >= 11 is 2.00. The van der Waals surface area contributed by atoms with Gasteiger partial charge in [0.1, 0.15) is 0 Å². The van der Waals surface area contributed by atoms with Crippen molar-refractivity contribution in [1.29, 1.82) is 0 Å². The van der Waals surface area contributed by atoms with E-state index in [4.69, 9.17) is 0 Å². The fourth-order valence-electron chi connectivity index (χ4n) is 0.913. The molecule has 72 valence electrons. The summed E-state index contributed by atoms with van der Waals surface area (Å²) in [6, 6.07) is 0.530. The van der Waals surface area contributed by atoms with E-state index in [9.17, 15) is 0 Å². The zero-order chi connectivity index (χ0) is 9.56. The van der Waals surface area contributed by atoms with E-state index in [0.717, 1.165) is 5.25 Å². The quantitative estimate of drug-likeness (QED) is 0.664. The molecular weight excluding hydrogens is 166 g/mol. The third-order valence-corrected chi connectivity index (χ3v) is 2.73. The number of likely N-dealkylation sites (N-methyl/N-ethyl adjacent to an activating group) is 1. The van der Waals surface area contributed by atoms with Crippen molar-refractivity contribution >= 4 is 11.8 Å². The molecule has 1 atom stereocenters. The lowest BCUT2D eigenvalue weighted by Gasteiger charge is -2.13. The Hall–Kier alpha value is 0.0500. The van der Waals surface area contributed by atoms with E-state index in [1.807, 2.05) is 18.8 Å². The highest BCUT2D eigenvalue weighted by molar-refractivity contribution is 7.99. The van der Waals surface area contributed by atoms with Crippen LogP contribution in [0.5, 0.6) is 0 Å². The molecule has 0 spiro atoms. The molecule has 1 N–H and O–H groups in total. The predicted octanol–water partition coefficient (Wildman–Crippen LogP) is 2.68. The van der Waals surface area contributed by atoms with E-state index < -0.39 is 0 Å². The molecule has 1 unspecified atom stereocenters. The van der Waals surface area contributed by atoms with Gasteiger partial charge in [-0.05, 0) is 26.1 Å². The second-order valence-electron chi connectivity index (χ2n) is 3.52. The molecule has 2 heteroatoms. The zero-order valence-electron chi connectivity index (χ0n) is 8.85. The van der Waals surface area contributed by atoms with Crippen LogP contribution in [0, 0.1) is 0 Å². The average molecular weight is 187 g/mol. The molecular formula is C10H21NS. The number of hydrogen-bond donors (Lipinski definition) is 1. The van der Waals surface area contributed by atoms with E-state index in [1.54, 1.807) is 0 Å². The van der Waals surface area contributed by atoms with Crippen molar-refractivity contribution < 1.29 is 0 Å². The smallest absolute Gasteiger partial charge is 0.0341 e. The standard InChI is InChI=1S/C10H21NS/c1-8(2)6-10(11-5)7-12-9(3)4/h6,9-11H,7H2,1-5H3. The summed E-state index contributed by atoms with van der Waals surface area (Å²) in [5.41, 5.74) is 1.39. The molecule has 0 fully saturated rings. The Balaban J connectivity index is 3.76. The highest BCUT2D eigenvalue weighted by Gasteiger charge is 2.03. The van der Waals surface area contributed by atoms with Gasteiger partial charge in [-0.2, -0.15) is 11.8 Å². The highest BCUT2D eigenvalue weighted by atomic mass is 32.2. The van der Waals surface area contributed by atoms with Gasteiger partial charge in [0, 0.05) is 11.8 Å². The number of allylic oxidation sites excluding steroid dienone is 1. The summed E-state index contributed by atoms with van der Waals surface area (Å²) in [7, 11) is 2.02. The van der Waals surface area contributed by atoms with Crippen LogP contribution in [0.15, 0.2) is 11.6 Å². The molecule has 0 amide bonds. The predicted molar refractivity (Wildman–Crippen MR) is 59.9 cm³/mol. The van der Waals surface area contributed by atoms with E-state index >= 15 is 0 Å². The summed E-state index contributed by atoms with van der Waals surface area (Å²) in [6.45, 7) is 8.76. The van der Waals surface area contributed by atoms with Crippen molar-refractivity contribution in [3.63, 3.8) is 0 Å². The first-order valence-corrected chi connectivity index (χ1v) is 5.55. The Kier molecular flexibility index (Phi) is 6.58. The van der Waals surface area contributed by atoms with Crippen LogP contribution in [0.25, 0.3) is 0 Å². The van der Waals surface area contributed by atoms with Gasteiger partial charge < -0.3 is 5.32 Å². The summed E-state index contributed by atoms with van der Waals surface area (Å²) in [5.74, 6) is 1.17. The summed E-state index contributed by atoms with van der Waals surface area (Å²) in [5, 5.41) is 4.02. The fraction of sp³-hybridized carbons (Fsp3) is 0.800. The normalized spacial score (nSPS) is 13.2. The first-order valence-electron chi connectivity index (χ1n) is 4.50. The molecule has 0 aromatic heterocycles. The Morgan fingerprint density at radius 3 is 2.33 bits per heavy atom. The molecule has 0 heterocycles. The molecule has 12 heavy (non-hydrogen) atoms. The van der Waals surface area contributed by atoms with Crippen molar-refractivity contribution in [3.05, 3.63) is 11.6 Å². The Morgan fingerprint density at radius 2 is 2.00 bits per heavy atom. The number of rotatable bonds is 5. The molecule has 0 aliphatic heterocycles. The van der Waals surface area contributed by atoms with Crippen molar-refractivity contribution in [2.45, 2.75) is 39.0 Å². The van der Waals surface area contributed by atoms with Gasteiger partial charge in [-0.3, -0.25) is 0 Å². The van der Waals surface area contributed by atoms with Crippen LogP contribution in [0.2, 0.25) is 0 Å². The number of hydrogen-bond acceptors (Lipinski definition) is 2. The molecule has 0 saturated carbocycles. The first kappa shape index (κ1) is 12.0. The van der Waals surface area contributed by atoms with Gasteiger partial charge in [0.15, 0.2) is 0 Å². The lowest BCUT2D eigenvalue weighted by molar-refractivity contribution is 0.732. The molecule has 0 aromatic carbocycles. The Labute approximate surface area is 81.0 Å². The van der Waals surface area contributed by atoms with Gasteiger partial charge in [0.05, 0.1) is 0 Å².